The first-order chi connectivity index (χ1) is 28.5. The molecule has 0 radical (unpaired) electrons. The van der Waals surface area contributed by atoms with E-state index in [9.17, 15) is 29.7 Å². The summed E-state index contributed by atoms with van der Waals surface area (Å²) in [6.45, 7) is 6.97. The van der Waals surface area contributed by atoms with Gasteiger partial charge in [-0.3, -0.25) is 9.59 Å². The van der Waals surface area contributed by atoms with Gasteiger partial charge in [0.1, 0.15) is 36.8 Å². The molecule has 4 aliphatic rings. The first-order valence-electron chi connectivity index (χ1n) is 20.1. The van der Waals surface area contributed by atoms with Gasteiger partial charge in [0, 0.05) is 25.2 Å². The molecule has 1 heterocycles. The summed E-state index contributed by atoms with van der Waals surface area (Å²) in [7, 11) is 0. The number of aliphatic hydroxyl groups excluding tert-OH is 2. The van der Waals surface area contributed by atoms with Gasteiger partial charge in [0.25, 0.3) is 0 Å². The molecule has 2 bridgehead atoms. The lowest BCUT2D eigenvalue weighted by Crippen LogP contribution is -2.81. The van der Waals surface area contributed by atoms with Crippen LogP contribution in [0.3, 0.4) is 0 Å². The number of hydrogen-bond donors (Lipinski definition) is 4. The van der Waals surface area contributed by atoms with Crippen molar-refractivity contribution in [2.24, 2.45) is 22.5 Å². The van der Waals surface area contributed by atoms with E-state index >= 15 is 4.79 Å². The van der Waals surface area contributed by atoms with Gasteiger partial charge in [-0.15, -0.1) is 0 Å². The van der Waals surface area contributed by atoms with E-state index in [0.29, 0.717) is 5.56 Å². The van der Waals surface area contributed by atoms with Crippen LogP contribution in [0.5, 0.6) is 0 Å². The molecule has 3 fully saturated rings. The third-order valence-electron chi connectivity index (χ3n) is 13.4. The van der Waals surface area contributed by atoms with Crippen molar-refractivity contribution in [3.8, 4) is 0 Å². The van der Waals surface area contributed by atoms with E-state index in [1.54, 1.807) is 69.3 Å². The second-order valence-electron chi connectivity index (χ2n) is 17.1. The van der Waals surface area contributed by atoms with E-state index in [1.165, 1.54) is 26.0 Å². The van der Waals surface area contributed by atoms with Gasteiger partial charge in [0.2, 0.25) is 0 Å². The van der Waals surface area contributed by atoms with Gasteiger partial charge in [0.05, 0.1) is 42.3 Å². The zero-order chi connectivity index (χ0) is 43.2. The molecule has 14 heteroatoms. The van der Waals surface area contributed by atoms with Crippen LogP contribution in [0.25, 0.3) is 0 Å². The smallest absolute Gasteiger partial charge is 0.338 e. The zero-order valence-electron chi connectivity index (χ0n) is 34.3. The Hall–Kier alpha value is -4.80. The third-order valence-corrected chi connectivity index (χ3v) is 13.4. The van der Waals surface area contributed by atoms with E-state index in [2.05, 4.69) is 0 Å². The van der Waals surface area contributed by atoms with E-state index in [1.807, 2.05) is 30.3 Å². The Balaban J connectivity index is 1.32. The van der Waals surface area contributed by atoms with Gasteiger partial charge in [-0.05, 0) is 48.3 Å². The summed E-state index contributed by atoms with van der Waals surface area (Å²) in [5.41, 5.74) is 0.958. The molecule has 2 saturated carbocycles. The quantitative estimate of drug-likeness (QED) is 0.0672. The molecule has 5 N–H and O–H groups in total. The molecule has 1 saturated heterocycles. The Bertz CT molecular complexity index is 2110. The van der Waals surface area contributed by atoms with Crippen molar-refractivity contribution < 1.29 is 62.9 Å². The maximum Gasteiger partial charge on any atom is 0.338 e. The Labute approximate surface area is 348 Å². The van der Waals surface area contributed by atoms with Crippen molar-refractivity contribution in [2.45, 2.75) is 108 Å². The lowest BCUT2D eigenvalue weighted by molar-refractivity contribution is -0.346. The van der Waals surface area contributed by atoms with Gasteiger partial charge in [-0.1, -0.05) is 92.7 Å². The molecule has 7 rings (SSSR count). The predicted octanol–water partition coefficient (Wildman–Crippen LogP) is 3.89. The molecule has 1 aliphatic heterocycles. The summed E-state index contributed by atoms with van der Waals surface area (Å²) >= 11 is 0. The Morgan fingerprint density at radius 2 is 1.53 bits per heavy atom. The van der Waals surface area contributed by atoms with Gasteiger partial charge in [0.15, 0.2) is 17.5 Å². The van der Waals surface area contributed by atoms with Crippen LogP contribution in [0.2, 0.25) is 0 Å². The average molecular weight is 828 g/mol. The average Bonchev–Trinajstić information content (AvgIpc) is 3.22. The molecule has 0 spiro atoms. The molecular weight excluding hydrogens is 774 g/mol. The van der Waals surface area contributed by atoms with Crippen molar-refractivity contribution in [2.75, 3.05) is 13.4 Å². The number of nitrogens with two attached hydrogens (primary N) is 1. The summed E-state index contributed by atoms with van der Waals surface area (Å²) in [4.78, 5) is 56.6. The molecule has 11 atom stereocenters. The van der Waals surface area contributed by atoms with Crippen LogP contribution in [0.4, 0.5) is 0 Å². The van der Waals surface area contributed by atoms with E-state index in [0.717, 1.165) is 5.56 Å². The summed E-state index contributed by atoms with van der Waals surface area (Å²) in [5, 5.41) is 37.7. The van der Waals surface area contributed by atoms with Gasteiger partial charge >= 0.3 is 17.9 Å². The highest BCUT2D eigenvalue weighted by atomic mass is 16.7. The largest absolute Gasteiger partial charge is 0.456 e. The van der Waals surface area contributed by atoms with Gasteiger partial charge < -0.3 is 49.5 Å². The Morgan fingerprint density at radius 3 is 2.13 bits per heavy atom. The second kappa shape index (κ2) is 16.6. The van der Waals surface area contributed by atoms with Crippen LogP contribution in [-0.4, -0.2) is 100 Å². The van der Waals surface area contributed by atoms with Crippen LogP contribution in [0.1, 0.15) is 75.0 Å². The number of Topliss-reactive ketones (excluding diaryl/α,β-unsaturated/α-hetero) is 1. The molecule has 14 nitrogen and oxygen atoms in total. The highest BCUT2D eigenvalue weighted by molar-refractivity contribution is 5.94. The first-order valence-corrected chi connectivity index (χ1v) is 20.1. The van der Waals surface area contributed by atoms with Crippen molar-refractivity contribution in [1.82, 2.24) is 0 Å². The van der Waals surface area contributed by atoms with Crippen LogP contribution in [-0.2, 0) is 49.4 Å². The SMILES string of the molecule is CC(=O)O[C@@]12CO[C@@H]1C[C@H](O)[C@@]1(C)C(=O)[C@H](O)C3=C(C)[C@@H](OC(=O)[C@H](OCOCc4ccccc4)C(N)c4ccccc4)C[C@@](O)([C@@H](OC(=O)c4ccccc4)[C@H]21)C3(C)C. The van der Waals surface area contributed by atoms with Crippen LogP contribution in [0.15, 0.2) is 102 Å². The fourth-order valence-electron chi connectivity index (χ4n) is 10.0. The van der Waals surface area contributed by atoms with Crippen molar-refractivity contribution in [3.05, 3.63) is 119 Å². The topological polar surface area (TPSA) is 210 Å². The van der Waals surface area contributed by atoms with Crippen LogP contribution < -0.4 is 5.73 Å². The van der Waals surface area contributed by atoms with Gasteiger partial charge in [-0.2, -0.15) is 0 Å². The molecule has 60 heavy (non-hydrogen) atoms. The number of carbonyl (C=O) groups excluding carboxylic acids is 4. The highest BCUT2D eigenvalue weighted by Crippen LogP contribution is 2.64. The molecule has 3 aliphatic carbocycles. The van der Waals surface area contributed by atoms with Crippen LogP contribution >= 0.6 is 0 Å². The maximum atomic E-state index is 15.0. The van der Waals surface area contributed by atoms with Crippen molar-refractivity contribution in [3.63, 3.8) is 0 Å². The molecule has 3 aromatic rings. The molecule has 0 amide bonds. The van der Waals surface area contributed by atoms with Crippen molar-refractivity contribution >= 4 is 23.7 Å². The number of carbonyl (C=O) groups is 4. The Morgan fingerprint density at radius 1 is 0.917 bits per heavy atom. The normalized spacial score (nSPS) is 32.8. The van der Waals surface area contributed by atoms with Gasteiger partial charge in [-0.25, -0.2) is 9.59 Å². The molecule has 320 valence electrons. The molecule has 1 unspecified atom stereocenters. The molecule has 0 aromatic heterocycles. The zero-order valence-corrected chi connectivity index (χ0v) is 34.3. The fourth-order valence-corrected chi connectivity index (χ4v) is 10.0. The number of ketones is 1. The lowest BCUT2D eigenvalue weighted by atomic mass is 9.44. The minimum absolute atomic E-state index is 0.0104. The summed E-state index contributed by atoms with van der Waals surface area (Å²) in [6.07, 6.45) is -9.54. The standard InChI is InChI=1S/C46H53NO13/c1-26-31(58-42(53)37(35(47)29-17-11-7-12-18-29)57-25-55-23-28-15-9-6-10-16-28)22-46(54)40(59-41(52)30-19-13-8-14-20-30)38-44(5,39(51)36(50)34(26)43(46,3)4)32(49)21-33-45(38,24-56-33)60-27(2)48/h6-20,31-33,35-38,40,49-50,54H,21-25,47H2,1-5H3/t31-,32-,33+,35?,36+,37+,38-,40-,44+,45-,46+/m0/s1. The number of benzene rings is 3. The highest BCUT2D eigenvalue weighted by Gasteiger charge is 2.78. The number of hydrogen-bond acceptors (Lipinski definition) is 14. The van der Waals surface area contributed by atoms with Crippen LogP contribution in [0, 0.1) is 16.7 Å². The number of esters is 3. The number of fused-ring (bicyclic) bond motifs is 5. The van der Waals surface area contributed by atoms with E-state index in [-0.39, 0.29) is 43.1 Å². The van der Waals surface area contributed by atoms with Crippen molar-refractivity contribution in [1.29, 1.82) is 0 Å². The monoisotopic (exact) mass is 827 g/mol. The minimum Gasteiger partial charge on any atom is -0.456 e. The summed E-state index contributed by atoms with van der Waals surface area (Å²) in [5.74, 6) is -4.89. The number of rotatable bonds is 12. The third kappa shape index (κ3) is 7.27. The lowest BCUT2D eigenvalue weighted by Gasteiger charge is -2.67. The van der Waals surface area contributed by atoms with E-state index in [4.69, 9.17) is 34.2 Å². The predicted molar refractivity (Wildman–Crippen MR) is 213 cm³/mol. The number of ether oxygens (including phenoxy) is 6. The minimum atomic E-state index is -2.29. The second-order valence-corrected chi connectivity index (χ2v) is 17.1. The maximum absolute atomic E-state index is 15.0. The Kier molecular flexibility index (Phi) is 12.0. The molecule has 3 aromatic carbocycles. The first kappa shape index (κ1) is 43.3. The summed E-state index contributed by atoms with van der Waals surface area (Å²) < 4.78 is 36.3. The number of aliphatic hydroxyl groups is 3. The fraction of sp³-hybridized carbons (Fsp3) is 0.478. The summed E-state index contributed by atoms with van der Waals surface area (Å²) in [6, 6.07) is 25.1. The molecular formula is C46H53NO13. The van der Waals surface area contributed by atoms with E-state index < -0.39 is 101 Å².